The van der Waals surface area contributed by atoms with Gasteiger partial charge in [-0.1, -0.05) is 57.4 Å². The van der Waals surface area contributed by atoms with Crippen LogP contribution in [-0.4, -0.2) is 11.0 Å². The zero-order valence-electron chi connectivity index (χ0n) is 13.0. The minimum absolute atomic E-state index is 0.406. The fraction of sp³-hybridized carbons (Fsp3) is 0.667. The molecule has 2 rings (SSSR count). The molecular weight excluding hydrogens is 270 g/mol. The first-order chi connectivity index (χ1) is 9.96. The Morgan fingerprint density at radius 1 is 1.19 bits per heavy atom. The van der Waals surface area contributed by atoms with E-state index >= 15 is 0 Å². The highest BCUT2D eigenvalue weighted by molar-refractivity contribution is 5.30. The molecule has 0 aliphatic heterocycles. The van der Waals surface area contributed by atoms with E-state index in [1.54, 1.807) is 12.1 Å². The standard InChI is InChI=1S/C18H26F2O/c1-3-6-14-7-4-5-8-16(14)17(21)18(19,20)15-11-9-13(2)10-12-15/h4-5,7-8,13,15,17,21H,3,6,9-12H2,1-2H3. The predicted molar refractivity (Wildman–Crippen MR) is 81.5 cm³/mol. The molecule has 0 bridgehead atoms. The lowest BCUT2D eigenvalue weighted by atomic mass is 9.77. The van der Waals surface area contributed by atoms with Gasteiger partial charge in [0.2, 0.25) is 0 Å². The molecule has 3 heteroatoms. The highest BCUT2D eigenvalue weighted by atomic mass is 19.3. The van der Waals surface area contributed by atoms with E-state index in [4.69, 9.17) is 0 Å². The van der Waals surface area contributed by atoms with Gasteiger partial charge in [0.05, 0.1) is 0 Å². The van der Waals surface area contributed by atoms with E-state index in [0.29, 0.717) is 24.3 Å². The molecule has 118 valence electrons. The maximum atomic E-state index is 14.7. The summed E-state index contributed by atoms with van der Waals surface area (Å²) in [7, 11) is 0. The molecule has 1 saturated carbocycles. The number of hydrogen-bond donors (Lipinski definition) is 1. The molecule has 1 unspecified atom stereocenters. The van der Waals surface area contributed by atoms with Gasteiger partial charge in [0.25, 0.3) is 5.92 Å². The lowest BCUT2D eigenvalue weighted by Crippen LogP contribution is -2.37. The molecule has 1 aliphatic rings. The Balaban J connectivity index is 2.19. The molecule has 0 amide bonds. The topological polar surface area (TPSA) is 20.2 Å². The highest BCUT2D eigenvalue weighted by Gasteiger charge is 2.48. The summed E-state index contributed by atoms with van der Waals surface area (Å²) in [5, 5.41) is 10.3. The average molecular weight is 296 g/mol. The third-order valence-corrected chi connectivity index (χ3v) is 4.79. The van der Waals surface area contributed by atoms with Crippen LogP contribution in [0.4, 0.5) is 8.78 Å². The van der Waals surface area contributed by atoms with Crippen molar-refractivity contribution in [3.63, 3.8) is 0 Å². The summed E-state index contributed by atoms with van der Waals surface area (Å²) in [6.07, 6.45) is 2.63. The normalized spacial score (nSPS) is 24.8. The Kier molecular flexibility index (Phi) is 5.37. The quantitative estimate of drug-likeness (QED) is 0.798. The molecule has 1 nitrogen and oxygen atoms in total. The SMILES string of the molecule is CCCc1ccccc1C(O)C(F)(F)C1CCC(C)CC1. The third kappa shape index (κ3) is 3.63. The van der Waals surface area contributed by atoms with Gasteiger partial charge in [-0.2, -0.15) is 0 Å². The molecule has 21 heavy (non-hydrogen) atoms. The van der Waals surface area contributed by atoms with Gasteiger partial charge in [-0.25, -0.2) is 8.78 Å². The molecule has 1 aromatic rings. The number of aliphatic hydroxyl groups excluding tert-OH is 1. The first-order valence-electron chi connectivity index (χ1n) is 8.10. The van der Waals surface area contributed by atoms with Crippen LogP contribution in [0.15, 0.2) is 24.3 Å². The van der Waals surface area contributed by atoms with E-state index in [1.165, 1.54) is 0 Å². The van der Waals surface area contributed by atoms with Crippen molar-refractivity contribution in [2.24, 2.45) is 11.8 Å². The third-order valence-electron chi connectivity index (χ3n) is 4.79. The first-order valence-corrected chi connectivity index (χ1v) is 8.10. The molecular formula is C18H26F2O. The largest absolute Gasteiger partial charge is 0.382 e. The van der Waals surface area contributed by atoms with Crippen molar-refractivity contribution < 1.29 is 13.9 Å². The number of alkyl halides is 2. The second-order valence-electron chi connectivity index (χ2n) is 6.48. The van der Waals surface area contributed by atoms with Crippen molar-refractivity contribution in [2.45, 2.75) is 64.4 Å². The van der Waals surface area contributed by atoms with E-state index in [9.17, 15) is 13.9 Å². The van der Waals surface area contributed by atoms with Crippen LogP contribution < -0.4 is 0 Å². The van der Waals surface area contributed by atoms with Crippen molar-refractivity contribution in [1.82, 2.24) is 0 Å². The van der Waals surface area contributed by atoms with Crippen LogP contribution in [0, 0.1) is 11.8 Å². The fourth-order valence-electron chi connectivity index (χ4n) is 3.37. The zero-order chi connectivity index (χ0) is 15.5. The van der Waals surface area contributed by atoms with Crippen LogP contribution in [0.25, 0.3) is 0 Å². The highest BCUT2D eigenvalue weighted by Crippen LogP contribution is 2.45. The Hall–Kier alpha value is -0.960. The van der Waals surface area contributed by atoms with Crippen LogP contribution >= 0.6 is 0 Å². The number of benzene rings is 1. The van der Waals surface area contributed by atoms with Crippen LogP contribution in [0.2, 0.25) is 0 Å². The maximum Gasteiger partial charge on any atom is 0.280 e. The summed E-state index contributed by atoms with van der Waals surface area (Å²) in [5.74, 6) is -3.20. The average Bonchev–Trinajstić information content (AvgIpc) is 2.48. The molecule has 1 N–H and O–H groups in total. The van der Waals surface area contributed by atoms with Gasteiger partial charge in [-0.3, -0.25) is 0 Å². The lowest BCUT2D eigenvalue weighted by Gasteiger charge is -2.35. The Labute approximate surface area is 126 Å². The zero-order valence-corrected chi connectivity index (χ0v) is 13.0. The number of halogens is 2. The number of aliphatic hydroxyl groups is 1. The van der Waals surface area contributed by atoms with E-state index in [-0.39, 0.29) is 0 Å². The summed E-state index contributed by atoms with van der Waals surface area (Å²) in [6, 6.07) is 7.08. The van der Waals surface area contributed by atoms with E-state index < -0.39 is 17.9 Å². The van der Waals surface area contributed by atoms with Gasteiger partial charge >= 0.3 is 0 Å². The number of aryl methyl sites for hydroxylation is 1. The molecule has 1 aliphatic carbocycles. The van der Waals surface area contributed by atoms with E-state index in [2.05, 4.69) is 6.92 Å². The van der Waals surface area contributed by atoms with Crippen molar-refractivity contribution in [3.8, 4) is 0 Å². The van der Waals surface area contributed by atoms with Gasteiger partial charge in [0.1, 0.15) is 6.10 Å². The summed E-state index contributed by atoms with van der Waals surface area (Å²) >= 11 is 0. The second-order valence-corrected chi connectivity index (χ2v) is 6.48. The van der Waals surface area contributed by atoms with Crippen LogP contribution in [-0.2, 0) is 6.42 Å². The summed E-state index contributed by atoms with van der Waals surface area (Å²) in [4.78, 5) is 0. The Bertz CT molecular complexity index is 450. The van der Waals surface area contributed by atoms with Crippen molar-refractivity contribution in [1.29, 1.82) is 0 Å². The molecule has 0 radical (unpaired) electrons. The van der Waals surface area contributed by atoms with E-state index in [0.717, 1.165) is 31.2 Å². The van der Waals surface area contributed by atoms with Crippen molar-refractivity contribution >= 4 is 0 Å². The van der Waals surface area contributed by atoms with Crippen molar-refractivity contribution in [3.05, 3.63) is 35.4 Å². The van der Waals surface area contributed by atoms with Crippen LogP contribution in [0.5, 0.6) is 0 Å². The first kappa shape index (κ1) is 16.4. The Morgan fingerprint density at radius 3 is 2.43 bits per heavy atom. The molecule has 0 saturated heterocycles. The molecule has 0 aromatic heterocycles. The van der Waals surface area contributed by atoms with Crippen LogP contribution in [0.1, 0.15) is 63.2 Å². The van der Waals surface area contributed by atoms with Gasteiger partial charge in [0, 0.05) is 5.92 Å². The maximum absolute atomic E-state index is 14.7. The number of hydrogen-bond acceptors (Lipinski definition) is 1. The molecule has 1 fully saturated rings. The van der Waals surface area contributed by atoms with Gasteiger partial charge in [-0.15, -0.1) is 0 Å². The summed E-state index contributed by atoms with van der Waals surface area (Å²) in [5.41, 5.74) is 1.25. The molecule has 0 spiro atoms. The molecule has 1 aromatic carbocycles. The predicted octanol–water partition coefficient (Wildman–Crippen LogP) is 5.13. The van der Waals surface area contributed by atoms with Gasteiger partial charge < -0.3 is 5.11 Å². The summed E-state index contributed by atoms with van der Waals surface area (Å²) in [6.45, 7) is 4.13. The molecule has 0 heterocycles. The van der Waals surface area contributed by atoms with E-state index in [1.807, 2.05) is 19.1 Å². The van der Waals surface area contributed by atoms with Gasteiger partial charge in [0.15, 0.2) is 0 Å². The Morgan fingerprint density at radius 2 is 1.81 bits per heavy atom. The van der Waals surface area contributed by atoms with Gasteiger partial charge in [-0.05, 0) is 36.3 Å². The van der Waals surface area contributed by atoms with Crippen molar-refractivity contribution in [2.75, 3.05) is 0 Å². The summed E-state index contributed by atoms with van der Waals surface area (Å²) < 4.78 is 29.4. The minimum Gasteiger partial charge on any atom is -0.382 e. The second kappa shape index (κ2) is 6.87. The lowest BCUT2D eigenvalue weighted by molar-refractivity contribution is -0.159. The smallest absolute Gasteiger partial charge is 0.280 e. The fourth-order valence-corrected chi connectivity index (χ4v) is 3.37. The molecule has 1 atom stereocenters. The minimum atomic E-state index is -3.04. The number of rotatable bonds is 5. The van der Waals surface area contributed by atoms with Crippen LogP contribution in [0.3, 0.4) is 0 Å². The monoisotopic (exact) mass is 296 g/mol.